The number of benzene rings is 1. The monoisotopic (exact) mass is 492 g/mol. The van der Waals surface area contributed by atoms with Crippen molar-refractivity contribution >= 4 is 41.2 Å². The number of halogens is 1. The zero-order valence-electron chi connectivity index (χ0n) is 19.2. The van der Waals surface area contributed by atoms with E-state index in [1.807, 2.05) is 42.6 Å². The molecule has 4 rings (SSSR count). The highest BCUT2D eigenvalue weighted by Gasteiger charge is 2.44. The lowest BCUT2D eigenvalue weighted by molar-refractivity contribution is -0.139. The maximum atomic E-state index is 12.8. The number of nitrogens with zero attached hydrogens (tertiary/aromatic N) is 3. The van der Waals surface area contributed by atoms with Gasteiger partial charge in [0.15, 0.2) is 0 Å². The number of nitrogens with one attached hydrogen (secondary N) is 1. The minimum atomic E-state index is -0.422. The Morgan fingerprint density at radius 1 is 1.03 bits per heavy atom. The van der Waals surface area contributed by atoms with Gasteiger partial charge < -0.3 is 15.0 Å². The number of imide groups is 1. The van der Waals surface area contributed by atoms with Crippen LogP contribution < -0.4 is 15.0 Å². The van der Waals surface area contributed by atoms with Crippen LogP contribution in [0.2, 0.25) is 0 Å². The van der Waals surface area contributed by atoms with E-state index in [-0.39, 0.29) is 30.1 Å². The summed E-state index contributed by atoms with van der Waals surface area (Å²) in [5.74, 6) is 0.454. The van der Waals surface area contributed by atoms with Crippen molar-refractivity contribution in [3.05, 3.63) is 46.7 Å². The summed E-state index contributed by atoms with van der Waals surface area (Å²) in [5.41, 5.74) is 1.14. The van der Waals surface area contributed by atoms with E-state index in [1.165, 1.54) is 9.78 Å². The zero-order valence-corrected chi connectivity index (χ0v) is 20.9. The Bertz CT molecular complexity index is 918. The van der Waals surface area contributed by atoms with Crippen molar-refractivity contribution in [3.8, 4) is 5.75 Å². The Kier molecular flexibility index (Phi) is 9.14. The van der Waals surface area contributed by atoms with Gasteiger partial charge in [-0.05, 0) is 36.5 Å². The average molecular weight is 493 g/mol. The van der Waals surface area contributed by atoms with Gasteiger partial charge in [0.25, 0.3) is 0 Å². The second-order valence-electron chi connectivity index (χ2n) is 8.41. The smallest absolute Gasteiger partial charge is 0.247 e. The molecule has 2 atom stereocenters. The summed E-state index contributed by atoms with van der Waals surface area (Å²) in [4.78, 5) is 32.9. The number of thiophene rings is 1. The molecular formula is C24H33ClN4O3S. The predicted octanol–water partition coefficient (Wildman–Crippen LogP) is 2.85. The van der Waals surface area contributed by atoms with Crippen molar-refractivity contribution in [2.24, 2.45) is 5.92 Å². The maximum Gasteiger partial charge on any atom is 0.247 e. The lowest BCUT2D eigenvalue weighted by Crippen LogP contribution is -2.47. The third kappa shape index (κ3) is 5.87. The largest absolute Gasteiger partial charge is 0.495 e. The minimum absolute atomic E-state index is 0. The average Bonchev–Trinajstić information content (AvgIpc) is 3.41. The van der Waals surface area contributed by atoms with Crippen LogP contribution in [0, 0.1) is 5.92 Å². The van der Waals surface area contributed by atoms with Crippen LogP contribution in [-0.4, -0.2) is 74.0 Å². The molecule has 7 nitrogen and oxygen atoms in total. The molecule has 3 heterocycles. The van der Waals surface area contributed by atoms with Crippen molar-refractivity contribution in [2.45, 2.75) is 25.9 Å². The summed E-state index contributed by atoms with van der Waals surface area (Å²) in [5, 5.41) is 5.30. The van der Waals surface area contributed by atoms with E-state index in [0.717, 1.165) is 50.6 Å². The molecule has 1 aromatic heterocycles. The van der Waals surface area contributed by atoms with E-state index < -0.39 is 6.04 Å². The molecule has 2 aromatic rings. The summed E-state index contributed by atoms with van der Waals surface area (Å²) in [6.07, 6.45) is 0.802. The van der Waals surface area contributed by atoms with E-state index in [2.05, 4.69) is 21.2 Å². The standard InChI is InChI=1S/C24H32N4O3S.ClH/c1-18-22(25-17-19-7-5-16-32-19)24(30)28(23(18)29)11-6-10-26-12-14-27(15-13-26)20-8-3-4-9-21(20)31-2;/h3-5,7-9,16,18,22,25H,6,10-15,17H2,1-2H3;1H. The van der Waals surface area contributed by atoms with Crippen LogP contribution in [0.1, 0.15) is 18.2 Å². The van der Waals surface area contributed by atoms with Gasteiger partial charge in [-0.3, -0.25) is 19.4 Å². The number of amides is 2. The molecule has 0 spiro atoms. The first kappa shape index (κ1) is 25.5. The Labute approximate surface area is 206 Å². The number of para-hydroxylation sites is 2. The third-order valence-electron chi connectivity index (χ3n) is 6.42. The van der Waals surface area contributed by atoms with Crippen molar-refractivity contribution in [2.75, 3.05) is 51.3 Å². The fourth-order valence-corrected chi connectivity index (χ4v) is 5.20. The van der Waals surface area contributed by atoms with Crippen LogP contribution in [0.15, 0.2) is 41.8 Å². The molecule has 0 bridgehead atoms. The molecule has 9 heteroatoms. The van der Waals surface area contributed by atoms with Gasteiger partial charge in [-0.15, -0.1) is 23.7 Å². The van der Waals surface area contributed by atoms with Gasteiger partial charge in [0.2, 0.25) is 11.8 Å². The van der Waals surface area contributed by atoms with E-state index >= 15 is 0 Å². The number of carbonyl (C=O) groups excluding carboxylic acids is 2. The van der Waals surface area contributed by atoms with Gasteiger partial charge in [0.1, 0.15) is 5.75 Å². The minimum Gasteiger partial charge on any atom is -0.495 e. The van der Waals surface area contributed by atoms with Crippen LogP contribution in [-0.2, 0) is 16.1 Å². The number of hydrogen-bond acceptors (Lipinski definition) is 7. The number of anilines is 1. The Balaban J connectivity index is 0.00000306. The van der Waals surface area contributed by atoms with Gasteiger partial charge in [-0.25, -0.2) is 0 Å². The third-order valence-corrected chi connectivity index (χ3v) is 7.29. The van der Waals surface area contributed by atoms with E-state index in [1.54, 1.807) is 18.4 Å². The molecule has 2 saturated heterocycles. The summed E-state index contributed by atoms with van der Waals surface area (Å²) in [6, 6.07) is 11.7. The van der Waals surface area contributed by atoms with Crippen LogP contribution in [0.3, 0.4) is 0 Å². The van der Waals surface area contributed by atoms with Crippen LogP contribution in [0.25, 0.3) is 0 Å². The number of carbonyl (C=O) groups is 2. The van der Waals surface area contributed by atoms with Crippen LogP contribution >= 0.6 is 23.7 Å². The topological polar surface area (TPSA) is 65.1 Å². The number of piperazine rings is 1. The highest BCUT2D eigenvalue weighted by molar-refractivity contribution is 7.09. The number of hydrogen-bond donors (Lipinski definition) is 1. The van der Waals surface area contributed by atoms with E-state index in [9.17, 15) is 9.59 Å². The molecule has 2 fully saturated rings. The Hall–Kier alpha value is -2.13. The fourth-order valence-electron chi connectivity index (χ4n) is 4.54. The molecule has 1 aromatic carbocycles. The van der Waals surface area contributed by atoms with Crippen molar-refractivity contribution in [3.63, 3.8) is 0 Å². The molecule has 2 aliphatic rings. The molecule has 0 radical (unpaired) electrons. The molecule has 33 heavy (non-hydrogen) atoms. The quantitative estimate of drug-likeness (QED) is 0.543. The molecule has 180 valence electrons. The Morgan fingerprint density at radius 3 is 2.48 bits per heavy atom. The van der Waals surface area contributed by atoms with Gasteiger partial charge in [-0.1, -0.05) is 25.1 Å². The summed E-state index contributed by atoms with van der Waals surface area (Å²) >= 11 is 1.65. The number of likely N-dealkylation sites (tertiary alicyclic amines) is 1. The van der Waals surface area contributed by atoms with Gasteiger partial charge >= 0.3 is 0 Å². The first-order valence-electron chi connectivity index (χ1n) is 11.3. The highest BCUT2D eigenvalue weighted by Crippen LogP contribution is 2.28. The second kappa shape index (κ2) is 11.8. The predicted molar refractivity (Wildman–Crippen MR) is 134 cm³/mol. The first-order chi connectivity index (χ1) is 15.6. The number of rotatable bonds is 9. The van der Waals surface area contributed by atoms with Crippen molar-refractivity contribution in [1.29, 1.82) is 0 Å². The summed E-state index contributed by atoms with van der Waals surface area (Å²) in [6.45, 7) is 7.65. The van der Waals surface area contributed by atoms with Crippen molar-refractivity contribution in [1.82, 2.24) is 15.1 Å². The van der Waals surface area contributed by atoms with Gasteiger partial charge in [0.05, 0.1) is 24.8 Å². The van der Waals surface area contributed by atoms with Crippen LogP contribution in [0.4, 0.5) is 5.69 Å². The van der Waals surface area contributed by atoms with E-state index in [4.69, 9.17) is 4.74 Å². The molecule has 0 aliphatic carbocycles. The first-order valence-corrected chi connectivity index (χ1v) is 12.2. The molecule has 0 saturated carbocycles. The van der Waals surface area contributed by atoms with E-state index in [0.29, 0.717) is 13.1 Å². The highest BCUT2D eigenvalue weighted by atomic mass is 35.5. The van der Waals surface area contributed by atoms with Gasteiger partial charge in [-0.2, -0.15) is 0 Å². The molecule has 2 aliphatic heterocycles. The lowest BCUT2D eigenvalue weighted by Gasteiger charge is -2.36. The van der Waals surface area contributed by atoms with Gasteiger partial charge in [0, 0.05) is 44.1 Å². The summed E-state index contributed by atoms with van der Waals surface area (Å²) < 4.78 is 5.49. The summed E-state index contributed by atoms with van der Waals surface area (Å²) in [7, 11) is 1.71. The number of ether oxygens (including phenoxy) is 1. The normalized spacial score (nSPS) is 21.4. The fraction of sp³-hybridized carbons (Fsp3) is 0.500. The maximum absolute atomic E-state index is 12.8. The molecule has 2 amide bonds. The van der Waals surface area contributed by atoms with Crippen molar-refractivity contribution < 1.29 is 14.3 Å². The lowest BCUT2D eigenvalue weighted by atomic mass is 10.1. The Morgan fingerprint density at radius 2 is 1.79 bits per heavy atom. The van der Waals surface area contributed by atoms with Crippen LogP contribution in [0.5, 0.6) is 5.75 Å². The zero-order chi connectivity index (χ0) is 22.5. The molecule has 1 N–H and O–H groups in total. The number of methoxy groups -OCH3 is 1. The molecule has 2 unspecified atom stereocenters. The molecular weight excluding hydrogens is 460 g/mol. The SMILES string of the molecule is COc1ccccc1N1CCN(CCCN2C(=O)C(C)C(NCc3cccs3)C2=O)CC1.Cl. The second-order valence-corrected chi connectivity index (χ2v) is 9.44.